The van der Waals surface area contributed by atoms with E-state index >= 15 is 0 Å². The van der Waals surface area contributed by atoms with Crippen LogP contribution in [-0.2, 0) is 6.61 Å². The van der Waals surface area contributed by atoms with E-state index in [1.807, 2.05) is 6.92 Å². The van der Waals surface area contributed by atoms with Gasteiger partial charge in [0.1, 0.15) is 6.61 Å². The third kappa shape index (κ3) is 5.72. The summed E-state index contributed by atoms with van der Waals surface area (Å²) in [5, 5.41) is 5.05. The zero-order chi connectivity index (χ0) is 21.3. The van der Waals surface area contributed by atoms with Crippen molar-refractivity contribution in [1.29, 1.82) is 0 Å². The maximum Gasteiger partial charge on any atom is 0.272 e. The smallest absolute Gasteiger partial charge is 0.272 e. The highest BCUT2D eigenvalue weighted by Gasteiger charge is 2.10. The van der Waals surface area contributed by atoms with Crippen molar-refractivity contribution in [3.8, 4) is 11.5 Å². The molecule has 1 amide bonds. The minimum absolute atomic E-state index is 0.202. The lowest BCUT2D eigenvalue weighted by Gasteiger charge is -2.14. The number of carbonyl (C=O) groups excluding carboxylic acids is 1. The zero-order valence-corrected chi connectivity index (χ0v) is 17.7. The minimum atomic E-state index is -0.346. The molecule has 0 aliphatic carbocycles. The standard InChI is InChI=1S/C22H19Cl2N3O3/c1-2-29-21-11-15(12-26-27-22(28)16-5-4-10-25-13-16)8-9-20(21)30-14-17-18(23)6-3-7-19(17)24/h3-13H,2,14H2,1H3,(H,27,28). The van der Waals surface area contributed by atoms with Gasteiger partial charge in [0.15, 0.2) is 11.5 Å². The Labute approximate surface area is 184 Å². The van der Waals surface area contributed by atoms with Gasteiger partial charge in [0.2, 0.25) is 0 Å². The lowest BCUT2D eigenvalue weighted by atomic mass is 10.2. The molecule has 0 bridgehead atoms. The summed E-state index contributed by atoms with van der Waals surface area (Å²) >= 11 is 12.4. The summed E-state index contributed by atoms with van der Waals surface area (Å²) < 4.78 is 11.6. The number of amides is 1. The fourth-order valence-electron chi connectivity index (χ4n) is 2.54. The molecule has 3 rings (SSSR count). The molecule has 3 aromatic rings. The molecule has 2 aromatic carbocycles. The number of rotatable bonds is 8. The first-order valence-corrected chi connectivity index (χ1v) is 9.90. The second-order valence-electron chi connectivity index (χ2n) is 6.07. The average Bonchev–Trinajstić information content (AvgIpc) is 2.75. The quantitative estimate of drug-likeness (QED) is 0.386. The van der Waals surface area contributed by atoms with Crippen molar-refractivity contribution in [1.82, 2.24) is 10.4 Å². The van der Waals surface area contributed by atoms with Gasteiger partial charge in [-0.3, -0.25) is 9.78 Å². The molecule has 0 spiro atoms. The van der Waals surface area contributed by atoms with Gasteiger partial charge in [0.05, 0.1) is 18.4 Å². The Morgan fingerprint density at radius 2 is 1.90 bits per heavy atom. The SMILES string of the molecule is CCOc1cc(C=NNC(=O)c2cccnc2)ccc1OCc1c(Cl)cccc1Cl. The molecule has 0 fully saturated rings. The van der Waals surface area contributed by atoms with Crippen LogP contribution in [0.5, 0.6) is 11.5 Å². The van der Waals surface area contributed by atoms with E-state index in [-0.39, 0.29) is 12.5 Å². The molecule has 0 aliphatic rings. The Morgan fingerprint density at radius 3 is 2.60 bits per heavy atom. The third-order valence-electron chi connectivity index (χ3n) is 4.00. The van der Waals surface area contributed by atoms with Crippen molar-refractivity contribution in [2.24, 2.45) is 5.10 Å². The van der Waals surface area contributed by atoms with Crippen LogP contribution in [-0.4, -0.2) is 23.7 Å². The first-order chi connectivity index (χ1) is 14.6. The number of nitrogens with one attached hydrogen (secondary N) is 1. The summed E-state index contributed by atoms with van der Waals surface area (Å²) in [4.78, 5) is 15.9. The van der Waals surface area contributed by atoms with Gasteiger partial charge >= 0.3 is 0 Å². The van der Waals surface area contributed by atoms with Gasteiger partial charge in [-0.1, -0.05) is 29.3 Å². The maximum absolute atomic E-state index is 12.0. The Kier molecular flexibility index (Phi) is 7.65. The highest BCUT2D eigenvalue weighted by Crippen LogP contribution is 2.31. The topological polar surface area (TPSA) is 72.8 Å². The number of aromatic nitrogens is 1. The number of ether oxygens (including phenoxy) is 2. The van der Waals surface area contributed by atoms with Gasteiger partial charge in [0.25, 0.3) is 5.91 Å². The summed E-state index contributed by atoms with van der Waals surface area (Å²) in [6, 6.07) is 14.0. The number of hydrazone groups is 1. The molecule has 0 saturated heterocycles. The van der Waals surface area contributed by atoms with E-state index in [1.54, 1.807) is 54.7 Å². The van der Waals surface area contributed by atoms with Crippen molar-refractivity contribution in [3.05, 3.63) is 87.7 Å². The van der Waals surface area contributed by atoms with Crippen LogP contribution in [0.15, 0.2) is 66.0 Å². The summed E-state index contributed by atoms with van der Waals surface area (Å²) in [6.07, 6.45) is 4.58. The van der Waals surface area contributed by atoms with E-state index in [0.29, 0.717) is 39.3 Å². The largest absolute Gasteiger partial charge is 0.490 e. The molecule has 0 aliphatic heterocycles. The Balaban J connectivity index is 1.69. The van der Waals surface area contributed by atoms with Crippen LogP contribution in [0, 0.1) is 0 Å². The highest BCUT2D eigenvalue weighted by molar-refractivity contribution is 6.35. The Hall–Kier alpha value is -3.09. The van der Waals surface area contributed by atoms with Crippen molar-refractivity contribution in [2.45, 2.75) is 13.5 Å². The van der Waals surface area contributed by atoms with E-state index in [0.717, 1.165) is 5.56 Å². The van der Waals surface area contributed by atoms with E-state index in [9.17, 15) is 4.79 Å². The van der Waals surface area contributed by atoms with Crippen LogP contribution < -0.4 is 14.9 Å². The van der Waals surface area contributed by atoms with Crippen molar-refractivity contribution in [3.63, 3.8) is 0 Å². The maximum atomic E-state index is 12.0. The number of halogens is 2. The molecular weight excluding hydrogens is 425 g/mol. The lowest BCUT2D eigenvalue weighted by molar-refractivity contribution is 0.0955. The molecular formula is C22H19Cl2N3O3. The Morgan fingerprint density at radius 1 is 1.10 bits per heavy atom. The lowest BCUT2D eigenvalue weighted by Crippen LogP contribution is -2.17. The summed E-state index contributed by atoms with van der Waals surface area (Å²) in [6.45, 7) is 2.54. The second kappa shape index (κ2) is 10.6. The van der Waals surface area contributed by atoms with Crippen molar-refractivity contribution >= 4 is 35.3 Å². The van der Waals surface area contributed by atoms with Crippen LogP contribution in [0.1, 0.15) is 28.4 Å². The zero-order valence-electron chi connectivity index (χ0n) is 16.1. The molecule has 0 atom stereocenters. The van der Waals surface area contributed by atoms with E-state index in [4.69, 9.17) is 32.7 Å². The van der Waals surface area contributed by atoms with E-state index in [2.05, 4.69) is 15.5 Å². The van der Waals surface area contributed by atoms with Crippen molar-refractivity contribution in [2.75, 3.05) is 6.61 Å². The number of benzene rings is 2. The van der Waals surface area contributed by atoms with Crippen LogP contribution in [0.25, 0.3) is 0 Å². The molecule has 0 radical (unpaired) electrons. The first kappa shape index (κ1) is 21.6. The Bertz CT molecular complexity index is 1020. The van der Waals surface area contributed by atoms with Gasteiger partial charge in [-0.15, -0.1) is 0 Å². The fraction of sp³-hybridized carbons (Fsp3) is 0.136. The fourth-order valence-corrected chi connectivity index (χ4v) is 3.05. The molecule has 1 heterocycles. The number of pyridine rings is 1. The highest BCUT2D eigenvalue weighted by atomic mass is 35.5. The molecule has 6 nitrogen and oxygen atoms in total. The first-order valence-electron chi connectivity index (χ1n) is 9.14. The van der Waals surface area contributed by atoms with Crippen molar-refractivity contribution < 1.29 is 14.3 Å². The molecule has 154 valence electrons. The summed E-state index contributed by atoms with van der Waals surface area (Å²) in [5.41, 5.74) is 4.32. The van der Waals surface area contributed by atoms with Gasteiger partial charge in [0, 0.05) is 28.0 Å². The normalized spacial score (nSPS) is 10.8. The number of carbonyl (C=O) groups is 1. The predicted octanol–water partition coefficient (Wildman–Crippen LogP) is 5.13. The molecule has 8 heteroatoms. The van der Waals surface area contributed by atoms with E-state index in [1.165, 1.54) is 12.4 Å². The van der Waals surface area contributed by atoms with Crippen LogP contribution in [0.3, 0.4) is 0 Å². The van der Waals surface area contributed by atoms with Crippen LogP contribution in [0.4, 0.5) is 0 Å². The van der Waals surface area contributed by atoms with Gasteiger partial charge < -0.3 is 9.47 Å². The monoisotopic (exact) mass is 443 g/mol. The number of hydrogen-bond donors (Lipinski definition) is 1. The van der Waals surface area contributed by atoms with Gasteiger partial charge in [-0.2, -0.15) is 5.10 Å². The summed E-state index contributed by atoms with van der Waals surface area (Å²) in [5.74, 6) is 0.744. The number of hydrogen-bond acceptors (Lipinski definition) is 5. The molecule has 1 N–H and O–H groups in total. The number of nitrogens with zero attached hydrogens (tertiary/aromatic N) is 2. The van der Waals surface area contributed by atoms with Crippen LogP contribution >= 0.6 is 23.2 Å². The van der Waals surface area contributed by atoms with E-state index < -0.39 is 0 Å². The molecule has 0 unspecified atom stereocenters. The third-order valence-corrected chi connectivity index (χ3v) is 4.71. The predicted molar refractivity (Wildman–Crippen MR) is 118 cm³/mol. The van der Waals surface area contributed by atoms with Crippen LogP contribution in [0.2, 0.25) is 10.0 Å². The molecule has 30 heavy (non-hydrogen) atoms. The summed E-state index contributed by atoms with van der Waals surface area (Å²) in [7, 11) is 0. The minimum Gasteiger partial charge on any atom is -0.490 e. The van der Waals surface area contributed by atoms with Gasteiger partial charge in [-0.05, 0) is 55.0 Å². The molecule has 1 aromatic heterocycles. The second-order valence-corrected chi connectivity index (χ2v) is 6.88. The average molecular weight is 444 g/mol. The molecule has 0 saturated carbocycles. The van der Waals surface area contributed by atoms with Gasteiger partial charge in [-0.25, -0.2) is 5.43 Å².